The number of nitrogens with zero attached hydrogens (tertiary/aromatic N) is 1. The Kier molecular flexibility index (Phi) is 6.50. The van der Waals surface area contributed by atoms with Crippen LogP contribution in [0.5, 0.6) is 0 Å². The summed E-state index contributed by atoms with van der Waals surface area (Å²) in [6, 6.07) is 0. The van der Waals surface area contributed by atoms with Crippen LogP contribution in [0.25, 0.3) is 0 Å². The highest BCUT2D eigenvalue weighted by molar-refractivity contribution is 5.24. The normalized spacial score (nSPS) is 37.0. The Balaban J connectivity index is 1.29. The predicted molar refractivity (Wildman–Crippen MR) is 130 cm³/mol. The third-order valence-corrected chi connectivity index (χ3v) is 9.27. The molecule has 30 heavy (non-hydrogen) atoms. The van der Waals surface area contributed by atoms with Gasteiger partial charge in [0.15, 0.2) is 0 Å². The van der Waals surface area contributed by atoms with Crippen LogP contribution < -0.4 is 0 Å². The van der Waals surface area contributed by atoms with Gasteiger partial charge in [-0.15, -0.1) is 0 Å². The molecule has 2 saturated carbocycles. The van der Waals surface area contributed by atoms with Crippen molar-refractivity contribution in [3.05, 3.63) is 48.1 Å². The lowest BCUT2D eigenvalue weighted by Crippen LogP contribution is -2.55. The van der Waals surface area contributed by atoms with Crippen molar-refractivity contribution in [2.75, 3.05) is 7.05 Å². The van der Waals surface area contributed by atoms with Gasteiger partial charge in [-0.1, -0.05) is 48.1 Å². The van der Waals surface area contributed by atoms with E-state index in [1.54, 1.807) is 5.57 Å². The Morgan fingerprint density at radius 1 is 0.700 bits per heavy atom. The molecule has 0 bridgehead atoms. The van der Waals surface area contributed by atoms with E-state index in [2.05, 4.69) is 82.2 Å². The van der Waals surface area contributed by atoms with Crippen molar-refractivity contribution >= 4 is 0 Å². The second kappa shape index (κ2) is 8.81. The summed E-state index contributed by atoms with van der Waals surface area (Å²) in [7, 11) is 2.30. The summed E-state index contributed by atoms with van der Waals surface area (Å²) in [4.78, 5) is 2.57. The molecule has 2 fully saturated rings. The fourth-order valence-electron chi connectivity index (χ4n) is 7.12. The third-order valence-electron chi connectivity index (χ3n) is 9.27. The molecule has 0 saturated heterocycles. The van der Waals surface area contributed by atoms with E-state index in [-0.39, 0.29) is 11.1 Å². The second-order valence-corrected chi connectivity index (χ2v) is 11.9. The molecule has 0 spiro atoms. The van der Waals surface area contributed by atoms with Crippen molar-refractivity contribution in [3.8, 4) is 0 Å². The highest BCUT2D eigenvalue weighted by atomic mass is 15.2. The lowest BCUT2D eigenvalue weighted by Gasteiger charge is -2.51. The summed E-state index contributed by atoms with van der Waals surface area (Å²) in [5, 5.41) is 0. The number of hydrogen-bond acceptors (Lipinski definition) is 1. The topological polar surface area (TPSA) is 3.24 Å². The van der Waals surface area contributed by atoms with Crippen LogP contribution in [-0.4, -0.2) is 23.0 Å². The third kappa shape index (κ3) is 4.72. The van der Waals surface area contributed by atoms with Crippen molar-refractivity contribution < 1.29 is 0 Å². The van der Waals surface area contributed by atoms with Crippen molar-refractivity contribution in [1.29, 1.82) is 0 Å². The van der Waals surface area contributed by atoms with E-state index in [0.717, 1.165) is 23.7 Å². The lowest BCUT2D eigenvalue weighted by molar-refractivity contribution is 0.0552. The van der Waals surface area contributed by atoms with E-state index in [0.29, 0.717) is 5.92 Å². The summed E-state index contributed by atoms with van der Waals surface area (Å²) in [5.74, 6) is 4.38. The fraction of sp³-hybridized carbons (Fsp3) is 0.724. The van der Waals surface area contributed by atoms with Crippen LogP contribution in [0.3, 0.4) is 0 Å². The molecule has 0 unspecified atom stereocenters. The first-order valence-electron chi connectivity index (χ1n) is 12.7. The van der Waals surface area contributed by atoms with Gasteiger partial charge in [0.05, 0.1) is 0 Å². The largest absolute Gasteiger partial charge is 0.292 e. The Bertz CT molecular complexity index is 687. The standard InChI is InChI=1S/C29H45N/c1-28(2)20-27(21-29(3,4)30(28)5)26-18-16-25(17-19-26)24-14-12-23(13-15-24)22-10-8-6-7-9-11-22/h6-11,20,22-26H,12-19,21H2,1-5H3. The lowest BCUT2D eigenvalue weighted by atomic mass is 9.65. The highest BCUT2D eigenvalue weighted by Gasteiger charge is 2.41. The summed E-state index contributed by atoms with van der Waals surface area (Å²) < 4.78 is 0. The zero-order valence-corrected chi connectivity index (χ0v) is 20.2. The quantitative estimate of drug-likeness (QED) is 0.433. The molecule has 0 aromatic rings. The maximum absolute atomic E-state index is 2.62. The molecule has 4 aliphatic rings. The smallest absolute Gasteiger partial charge is 0.0340 e. The van der Waals surface area contributed by atoms with Crippen LogP contribution in [0.2, 0.25) is 0 Å². The summed E-state index contributed by atoms with van der Waals surface area (Å²) in [6.07, 6.45) is 29.2. The van der Waals surface area contributed by atoms with Gasteiger partial charge in [-0.25, -0.2) is 0 Å². The van der Waals surface area contributed by atoms with Crippen LogP contribution in [0.1, 0.15) is 85.5 Å². The van der Waals surface area contributed by atoms with Crippen LogP contribution in [0.15, 0.2) is 48.1 Å². The molecule has 166 valence electrons. The number of likely N-dealkylation sites (N-methyl/N-ethyl adjacent to an activating group) is 1. The minimum atomic E-state index is 0.183. The summed E-state index contributed by atoms with van der Waals surface area (Å²) in [5.41, 5.74) is 2.23. The average Bonchev–Trinajstić information content (AvgIpc) is 3.01. The molecule has 0 N–H and O–H groups in total. The molecule has 1 heteroatoms. The Labute approximate surface area is 186 Å². The molecule has 0 aromatic heterocycles. The van der Waals surface area contributed by atoms with Gasteiger partial charge in [-0.2, -0.15) is 0 Å². The monoisotopic (exact) mass is 407 g/mol. The maximum atomic E-state index is 2.62. The van der Waals surface area contributed by atoms with E-state index in [1.807, 2.05) is 0 Å². The molecule has 1 heterocycles. The van der Waals surface area contributed by atoms with Gasteiger partial charge in [0.1, 0.15) is 0 Å². The molecular weight excluding hydrogens is 362 g/mol. The maximum Gasteiger partial charge on any atom is 0.0340 e. The Morgan fingerprint density at radius 3 is 1.73 bits per heavy atom. The molecule has 0 amide bonds. The Hall–Kier alpha value is -1.08. The molecule has 1 nitrogen and oxygen atoms in total. The van der Waals surface area contributed by atoms with E-state index >= 15 is 0 Å². The first-order valence-corrected chi connectivity index (χ1v) is 12.7. The van der Waals surface area contributed by atoms with Crippen LogP contribution in [0.4, 0.5) is 0 Å². The Morgan fingerprint density at radius 2 is 1.20 bits per heavy atom. The summed E-state index contributed by atoms with van der Waals surface area (Å²) in [6.45, 7) is 9.65. The van der Waals surface area contributed by atoms with Gasteiger partial charge in [-0.3, -0.25) is 4.90 Å². The van der Waals surface area contributed by atoms with Crippen molar-refractivity contribution in [3.63, 3.8) is 0 Å². The van der Waals surface area contributed by atoms with E-state index < -0.39 is 0 Å². The number of hydrogen-bond donors (Lipinski definition) is 0. The zero-order valence-electron chi connectivity index (χ0n) is 20.2. The fourth-order valence-corrected chi connectivity index (χ4v) is 7.12. The van der Waals surface area contributed by atoms with Gasteiger partial charge in [-0.05, 0) is 122 Å². The number of rotatable bonds is 3. The van der Waals surface area contributed by atoms with Crippen molar-refractivity contribution in [2.24, 2.45) is 29.6 Å². The zero-order chi connectivity index (χ0) is 21.4. The van der Waals surface area contributed by atoms with E-state index in [1.165, 1.54) is 57.8 Å². The van der Waals surface area contributed by atoms with Crippen LogP contribution in [0, 0.1) is 29.6 Å². The molecule has 3 aliphatic carbocycles. The predicted octanol–water partition coefficient (Wildman–Crippen LogP) is 7.72. The van der Waals surface area contributed by atoms with Gasteiger partial charge >= 0.3 is 0 Å². The van der Waals surface area contributed by atoms with Crippen LogP contribution >= 0.6 is 0 Å². The van der Waals surface area contributed by atoms with Gasteiger partial charge < -0.3 is 0 Å². The van der Waals surface area contributed by atoms with Crippen LogP contribution in [-0.2, 0) is 0 Å². The number of allylic oxidation sites excluding steroid dienone is 6. The first kappa shape index (κ1) is 22.1. The van der Waals surface area contributed by atoms with E-state index in [4.69, 9.17) is 0 Å². The second-order valence-electron chi connectivity index (χ2n) is 11.9. The SMILES string of the molecule is CN1C(C)(C)C=C(C2CCC(C3CCC(C4C=CC=CC=C4)CC3)CC2)CC1(C)C. The molecule has 4 rings (SSSR count). The van der Waals surface area contributed by atoms with E-state index in [9.17, 15) is 0 Å². The molecular formula is C29H45N. The summed E-state index contributed by atoms with van der Waals surface area (Å²) >= 11 is 0. The average molecular weight is 408 g/mol. The van der Waals surface area contributed by atoms with Crippen molar-refractivity contribution in [2.45, 2.75) is 96.6 Å². The molecule has 0 atom stereocenters. The highest BCUT2D eigenvalue weighted by Crippen LogP contribution is 2.47. The minimum Gasteiger partial charge on any atom is -0.292 e. The van der Waals surface area contributed by atoms with Gasteiger partial charge in [0.25, 0.3) is 0 Å². The molecule has 0 aromatic carbocycles. The first-order chi connectivity index (χ1) is 14.3. The molecule has 0 radical (unpaired) electrons. The minimum absolute atomic E-state index is 0.183. The van der Waals surface area contributed by atoms with Crippen molar-refractivity contribution in [1.82, 2.24) is 4.90 Å². The molecule has 1 aliphatic heterocycles. The van der Waals surface area contributed by atoms with Gasteiger partial charge in [0, 0.05) is 11.1 Å². The van der Waals surface area contributed by atoms with Gasteiger partial charge in [0.2, 0.25) is 0 Å².